The molecule has 2 fully saturated rings. The fraction of sp³-hybridized carbons (Fsp3) is 0.941. The van der Waals surface area contributed by atoms with Crippen LogP contribution in [0.2, 0.25) is 0 Å². The Morgan fingerprint density at radius 3 is 2.48 bits per heavy atom. The summed E-state index contributed by atoms with van der Waals surface area (Å²) in [7, 11) is 0. The van der Waals surface area contributed by atoms with Crippen LogP contribution in [0.5, 0.6) is 0 Å². The number of carbonyl (C=O) groups is 1. The lowest BCUT2D eigenvalue weighted by Crippen LogP contribution is -2.58. The van der Waals surface area contributed by atoms with Crippen molar-refractivity contribution in [3.8, 4) is 0 Å². The fourth-order valence-electron chi connectivity index (χ4n) is 3.95. The molecule has 0 radical (unpaired) electrons. The van der Waals surface area contributed by atoms with Gasteiger partial charge in [-0.3, -0.25) is 14.0 Å². The van der Waals surface area contributed by atoms with Crippen molar-refractivity contribution in [2.24, 2.45) is 5.41 Å². The van der Waals surface area contributed by atoms with E-state index in [1.54, 1.807) is 4.31 Å². The largest absolute Gasteiger partial charge is 0.299 e. The first kappa shape index (κ1) is 17.1. The van der Waals surface area contributed by atoms with Gasteiger partial charge in [0.25, 0.3) is 0 Å². The van der Waals surface area contributed by atoms with E-state index >= 15 is 0 Å². The van der Waals surface area contributed by atoms with Crippen molar-refractivity contribution in [2.45, 2.75) is 77.7 Å². The van der Waals surface area contributed by atoms with Crippen LogP contribution in [-0.2, 0) is 4.79 Å². The summed E-state index contributed by atoms with van der Waals surface area (Å²) >= 11 is 4.21. The van der Waals surface area contributed by atoms with Gasteiger partial charge in [0.15, 0.2) is 0 Å². The molecule has 1 spiro atoms. The number of rotatable bonds is 9. The molecule has 2 heterocycles. The molecule has 3 nitrogen and oxygen atoms in total. The molecule has 0 bridgehead atoms. The molecule has 0 aromatic carbocycles. The molecule has 0 N–H and O–H groups in total. The summed E-state index contributed by atoms with van der Waals surface area (Å²) in [6, 6.07) is 0.692. The van der Waals surface area contributed by atoms with Crippen molar-refractivity contribution in [2.75, 3.05) is 19.6 Å². The molecule has 122 valence electrons. The van der Waals surface area contributed by atoms with Crippen LogP contribution in [0.4, 0.5) is 0 Å². The minimum atomic E-state index is -0.0735. The minimum Gasteiger partial charge on any atom is -0.299 e. The predicted molar refractivity (Wildman–Crippen MR) is 91.4 cm³/mol. The first-order valence-electron chi connectivity index (χ1n) is 8.88. The first-order chi connectivity index (χ1) is 10.1. The van der Waals surface area contributed by atoms with Crippen LogP contribution in [0.25, 0.3) is 0 Å². The van der Waals surface area contributed by atoms with Crippen LogP contribution in [-0.4, -0.2) is 40.8 Å². The molecule has 2 aliphatic heterocycles. The number of hydrogen-bond donors (Lipinski definition) is 1. The second-order valence-corrected chi connectivity index (χ2v) is 7.49. The summed E-state index contributed by atoms with van der Waals surface area (Å²) in [4.78, 5) is 14.7. The highest BCUT2D eigenvalue weighted by atomic mass is 32.1. The molecule has 2 rings (SSSR count). The summed E-state index contributed by atoms with van der Waals surface area (Å²) in [6.07, 6.45) is 11.7. The van der Waals surface area contributed by atoms with Gasteiger partial charge in [0.1, 0.15) is 0 Å². The molecule has 21 heavy (non-hydrogen) atoms. The van der Waals surface area contributed by atoms with E-state index in [1.165, 1.54) is 51.4 Å². The average molecular weight is 313 g/mol. The van der Waals surface area contributed by atoms with E-state index in [0.717, 1.165) is 26.1 Å². The quantitative estimate of drug-likeness (QED) is 0.396. The van der Waals surface area contributed by atoms with Crippen LogP contribution < -0.4 is 0 Å². The van der Waals surface area contributed by atoms with E-state index in [-0.39, 0.29) is 11.3 Å². The van der Waals surface area contributed by atoms with Gasteiger partial charge in [0.2, 0.25) is 5.91 Å². The Hall–Kier alpha value is -0.220. The topological polar surface area (TPSA) is 23.6 Å². The fourth-order valence-corrected chi connectivity index (χ4v) is 4.44. The van der Waals surface area contributed by atoms with E-state index in [9.17, 15) is 4.79 Å². The zero-order valence-electron chi connectivity index (χ0n) is 13.8. The highest BCUT2D eigenvalue weighted by molar-refractivity contribution is 7.78. The molecular formula is C17H32N2OS. The molecule has 2 atom stereocenters. The third-order valence-corrected chi connectivity index (χ3v) is 5.63. The van der Waals surface area contributed by atoms with E-state index < -0.39 is 0 Å². The predicted octanol–water partition coefficient (Wildman–Crippen LogP) is 3.89. The van der Waals surface area contributed by atoms with Crippen molar-refractivity contribution >= 4 is 18.7 Å². The molecule has 0 aromatic rings. The van der Waals surface area contributed by atoms with Gasteiger partial charge in [-0.05, 0) is 25.8 Å². The maximum atomic E-state index is 12.1. The number of β-lactam (4-membered cyclic amide) rings is 1. The van der Waals surface area contributed by atoms with Gasteiger partial charge in [-0.1, -0.05) is 65.2 Å². The van der Waals surface area contributed by atoms with Gasteiger partial charge in [0, 0.05) is 19.1 Å². The summed E-state index contributed by atoms with van der Waals surface area (Å²) in [6.45, 7) is 7.47. The molecule has 0 aliphatic carbocycles. The minimum absolute atomic E-state index is 0.0735. The third kappa shape index (κ3) is 3.95. The summed E-state index contributed by atoms with van der Waals surface area (Å²) < 4.78 is 1.59. The lowest BCUT2D eigenvalue weighted by atomic mass is 9.80. The molecule has 2 saturated heterocycles. The molecule has 2 aliphatic rings. The maximum Gasteiger partial charge on any atom is 0.241 e. The first-order valence-corrected chi connectivity index (χ1v) is 9.28. The average Bonchev–Trinajstić information content (AvgIpc) is 2.92. The Morgan fingerprint density at radius 2 is 1.86 bits per heavy atom. The normalized spacial score (nSPS) is 27.4. The number of likely N-dealkylation sites (tertiary alicyclic amines) is 1. The Bertz CT molecular complexity index is 350. The summed E-state index contributed by atoms with van der Waals surface area (Å²) in [5, 5.41) is 0. The van der Waals surface area contributed by atoms with Crippen LogP contribution in [0, 0.1) is 5.41 Å². The Morgan fingerprint density at radius 1 is 1.10 bits per heavy atom. The standard InChI is InChI=1S/C17H32N2OS/c1-3-5-6-7-8-10-15(9-4-2)18-12-11-17(13-18)14-19(21)16(17)20/h15,21H,3-14H2,1-2H3. The van der Waals surface area contributed by atoms with Crippen molar-refractivity contribution < 1.29 is 4.79 Å². The SMILES string of the molecule is CCCCCCCC(CCC)N1CCC2(CN(S)C2=O)C1. The number of nitrogens with zero attached hydrogens (tertiary/aromatic N) is 2. The second kappa shape index (κ2) is 7.87. The van der Waals surface area contributed by atoms with E-state index in [1.807, 2.05) is 0 Å². The van der Waals surface area contributed by atoms with Gasteiger partial charge < -0.3 is 0 Å². The zero-order chi connectivity index (χ0) is 15.3. The van der Waals surface area contributed by atoms with E-state index in [0.29, 0.717) is 6.04 Å². The van der Waals surface area contributed by atoms with E-state index in [4.69, 9.17) is 0 Å². The van der Waals surface area contributed by atoms with Crippen molar-refractivity contribution in [1.82, 2.24) is 9.21 Å². The maximum absolute atomic E-state index is 12.1. The van der Waals surface area contributed by atoms with Gasteiger partial charge in [-0.2, -0.15) is 0 Å². The number of thiol groups is 1. The zero-order valence-corrected chi connectivity index (χ0v) is 14.7. The van der Waals surface area contributed by atoms with Crippen molar-refractivity contribution in [3.05, 3.63) is 0 Å². The molecule has 0 saturated carbocycles. The molecule has 0 aromatic heterocycles. The number of amides is 1. The number of carbonyl (C=O) groups excluding carboxylic acids is 1. The van der Waals surface area contributed by atoms with Gasteiger partial charge >= 0.3 is 0 Å². The lowest BCUT2D eigenvalue weighted by Gasteiger charge is -2.43. The summed E-state index contributed by atoms with van der Waals surface area (Å²) in [5.41, 5.74) is -0.0735. The number of hydrogen-bond acceptors (Lipinski definition) is 3. The van der Waals surface area contributed by atoms with Crippen molar-refractivity contribution in [3.63, 3.8) is 0 Å². The highest BCUT2D eigenvalue weighted by Gasteiger charge is 2.55. The molecule has 2 unspecified atom stereocenters. The number of unbranched alkanes of at least 4 members (excludes halogenated alkanes) is 4. The Balaban J connectivity index is 1.78. The lowest BCUT2D eigenvalue weighted by molar-refractivity contribution is -0.148. The Labute approximate surface area is 136 Å². The van der Waals surface area contributed by atoms with Crippen LogP contribution in [0.1, 0.15) is 71.6 Å². The van der Waals surface area contributed by atoms with Gasteiger partial charge in [-0.25, -0.2) is 0 Å². The van der Waals surface area contributed by atoms with Gasteiger partial charge in [-0.15, -0.1) is 0 Å². The molecule has 1 amide bonds. The summed E-state index contributed by atoms with van der Waals surface area (Å²) in [5.74, 6) is 0.256. The van der Waals surface area contributed by atoms with Crippen molar-refractivity contribution in [1.29, 1.82) is 0 Å². The van der Waals surface area contributed by atoms with Crippen LogP contribution in [0.3, 0.4) is 0 Å². The van der Waals surface area contributed by atoms with E-state index in [2.05, 4.69) is 31.6 Å². The van der Waals surface area contributed by atoms with Crippen LogP contribution in [0.15, 0.2) is 0 Å². The Kier molecular flexibility index (Phi) is 6.42. The monoisotopic (exact) mass is 312 g/mol. The second-order valence-electron chi connectivity index (χ2n) is 7.01. The van der Waals surface area contributed by atoms with Gasteiger partial charge in [0.05, 0.1) is 5.41 Å². The smallest absolute Gasteiger partial charge is 0.241 e. The third-order valence-electron chi connectivity index (χ3n) is 5.30. The molecule has 4 heteroatoms. The highest BCUT2D eigenvalue weighted by Crippen LogP contribution is 2.42. The van der Waals surface area contributed by atoms with Crippen LogP contribution >= 0.6 is 12.8 Å². The molecular weight excluding hydrogens is 280 g/mol.